The summed E-state index contributed by atoms with van der Waals surface area (Å²) in [5.41, 5.74) is 2.69. The zero-order valence-corrected chi connectivity index (χ0v) is 14.6. The Balaban J connectivity index is 2.02. The number of nitrogens with two attached hydrogens (primary N) is 1. The van der Waals surface area contributed by atoms with Crippen LogP contribution in [0.3, 0.4) is 0 Å². The number of rotatable bonds is 5. The predicted molar refractivity (Wildman–Crippen MR) is 92.5 cm³/mol. The number of hydrogen-bond donors (Lipinski definition) is 2. The van der Waals surface area contributed by atoms with Crippen LogP contribution in [-0.4, -0.2) is 20.4 Å². The number of carbonyl (C=O) groups excluding carboxylic acids is 1. The molecule has 2 rings (SSSR count). The summed E-state index contributed by atoms with van der Waals surface area (Å²) < 4.78 is 28.0. The Hall–Kier alpha value is -2.38. The molecule has 2 aromatic rings. The van der Waals surface area contributed by atoms with Crippen molar-refractivity contribution in [2.24, 2.45) is 5.14 Å². The molecule has 3 N–H and O–H groups in total. The molecule has 0 aromatic heterocycles. The minimum atomic E-state index is -3.75. The molecule has 1 atom stereocenters. The van der Waals surface area contributed by atoms with Gasteiger partial charge in [-0.3, -0.25) is 4.79 Å². The Morgan fingerprint density at radius 1 is 1.08 bits per heavy atom. The van der Waals surface area contributed by atoms with Crippen LogP contribution in [0.25, 0.3) is 0 Å². The second kappa shape index (κ2) is 7.02. The fourth-order valence-electron chi connectivity index (χ4n) is 2.02. The highest BCUT2D eigenvalue weighted by Gasteiger charge is 2.15. The van der Waals surface area contributed by atoms with Gasteiger partial charge in [0.2, 0.25) is 10.0 Å². The Labute approximate surface area is 141 Å². The molecule has 0 spiro atoms. The SMILES string of the molecule is Cc1ccc(O[C@H](C)C(=O)Nc2ccc(S(N)(=O)=O)cc2)cc1C. The fraction of sp³-hybridized carbons (Fsp3) is 0.235. The van der Waals surface area contributed by atoms with Crippen molar-refractivity contribution in [3.05, 3.63) is 53.6 Å². The van der Waals surface area contributed by atoms with Crippen LogP contribution >= 0.6 is 0 Å². The number of hydrogen-bond acceptors (Lipinski definition) is 4. The molecule has 0 radical (unpaired) electrons. The van der Waals surface area contributed by atoms with Crippen LogP contribution in [0.1, 0.15) is 18.1 Å². The van der Waals surface area contributed by atoms with E-state index in [0.717, 1.165) is 11.1 Å². The quantitative estimate of drug-likeness (QED) is 0.866. The first-order valence-corrected chi connectivity index (χ1v) is 8.89. The summed E-state index contributed by atoms with van der Waals surface area (Å²) in [6.45, 7) is 5.61. The van der Waals surface area contributed by atoms with Crippen molar-refractivity contribution >= 4 is 21.6 Å². The topological polar surface area (TPSA) is 98.5 Å². The highest BCUT2D eigenvalue weighted by atomic mass is 32.2. The van der Waals surface area contributed by atoms with Gasteiger partial charge in [0.1, 0.15) is 5.75 Å². The molecular weight excluding hydrogens is 328 g/mol. The molecule has 0 fully saturated rings. The molecule has 0 unspecified atom stereocenters. The van der Waals surface area contributed by atoms with Crippen molar-refractivity contribution in [2.75, 3.05) is 5.32 Å². The van der Waals surface area contributed by atoms with Crippen molar-refractivity contribution in [2.45, 2.75) is 31.8 Å². The predicted octanol–water partition coefficient (Wildman–Crippen LogP) is 2.36. The molecule has 2 aromatic carbocycles. The summed E-state index contributed by atoms with van der Waals surface area (Å²) in [5, 5.41) is 7.70. The van der Waals surface area contributed by atoms with Crippen LogP contribution < -0.4 is 15.2 Å². The van der Waals surface area contributed by atoms with Crippen molar-refractivity contribution in [1.29, 1.82) is 0 Å². The third-order valence-corrected chi connectivity index (χ3v) is 4.54. The summed E-state index contributed by atoms with van der Waals surface area (Å²) >= 11 is 0. The first-order chi connectivity index (χ1) is 11.2. The van der Waals surface area contributed by atoms with Gasteiger partial charge in [0.15, 0.2) is 6.10 Å². The van der Waals surface area contributed by atoms with Gasteiger partial charge in [0.25, 0.3) is 5.91 Å². The lowest BCUT2D eigenvalue weighted by atomic mass is 10.1. The normalized spacial score (nSPS) is 12.5. The van der Waals surface area contributed by atoms with E-state index in [4.69, 9.17) is 9.88 Å². The third kappa shape index (κ3) is 4.56. The zero-order chi connectivity index (χ0) is 17.9. The van der Waals surface area contributed by atoms with Gasteiger partial charge in [-0.25, -0.2) is 13.6 Å². The summed E-state index contributed by atoms with van der Waals surface area (Å²) in [7, 11) is -3.75. The van der Waals surface area contributed by atoms with Crippen LogP contribution in [0.4, 0.5) is 5.69 Å². The number of primary sulfonamides is 1. The van der Waals surface area contributed by atoms with Crippen molar-refractivity contribution in [1.82, 2.24) is 0 Å². The van der Waals surface area contributed by atoms with Crippen molar-refractivity contribution in [3.63, 3.8) is 0 Å². The lowest BCUT2D eigenvalue weighted by Gasteiger charge is -2.15. The van der Waals surface area contributed by atoms with Crippen molar-refractivity contribution < 1.29 is 17.9 Å². The molecule has 0 saturated heterocycles. The standard InChI is InChI=1S/C17H20N2O4S/c1-11-4-7-15(10-12(11)2)23-13(3)17(20)19-14-5-8-16(9-6-14)24(18,21)22/h4-10,13H,1-3H3,(H,19,20)(H2,18,21,22)/t13-/m1/s1. The summed E-state index contributed by atoms with van der Waals surface area (Å²) in [6, 6.07) is 11.2. The first-order valence-electron chi connectivity index (χ1n) is 7.34. The lowest BCUT2D eigenvalue weighted by Crippen LogP contribution is -2.30. The molecule has 0 aliphatic heterocycles. The Morgan fingerprint density at radius 3 is 2.25 bits per heavy atom. The van der Waals surface area contributed by atoms with E-state index in [2.05, 4.69) is 5.32 Å². The van der Waals surface area contributed by atoms with Gasteiger partial charge in [-0.15, -0.1) is 0 Å². The van der Waals surface area contributed by atoms with Crippen molar-refractivity contribution in [3.8, 4) is 5.75 Å². The fourth-order valence-corrected chi connectivity index (χ4v) is 2.53. The molecule has 0 aliphatic carbocycles. The second-order valence-electron chi connectivity index (χ2n) is 5.56. The van der Waals surface area contributed by atoms with E-state index in [1.54, 1.807) is 6.92 Å². The van der Waals surface area contributed by atoms with E-state index in [9.17, 15) is 13.2 Å². The maximum absolute atomic E-state index is 12.2. The molecule has 0 aliphatic rings. The summed E-state index contributed by atoms with van der Waals surface area (Å²) in [6.07, 6.45) is -0.704. The highest BCUT2D eigenvalue weighted by molar-refractivity contribution is 7.89. The number of benzene rings is 2. The average Bonchev–Trinajstić information content (AvgIpc) is 2.50. The molecule has 128 valence electrons. The van der Waals surface area contributed by atoms with Gasteiger partial charge in [-0.05, 0) is 68.3 Å². The number of sulfonamides is 1. The van der Waals surface area contributed by atoms with E-state index >= 15 is 0 Å². The molecule has 7 heteroatoms. The van der Waals surface area contributed by atoms with Crippen LogP contribution in [0.2, 0.25) is 0 Å². The maximum Gasteiger partial charge on any atom is 0.265 e. The Kier molecular flexibility index (Phi) is 5.26. The zero-order valence-electron chi connectivity index (χ0n) is 13.7. The first kappa shape index (κ1) is 18.0. The molecule has 24 heavy (non-hydrogen) atoms. The Morgan fingerprint density at radius 2 is 1.71 bits per heavy atom. The summed E-state index contributed by atoms with van der Waals surface area (Å²) in [5.74, 6) is 0.280. The van der Waals surface area contributed by atoms with E-state index < -0.39 is 16.1 Å². The second-order valence-corrected chi connectivity index (χ2v) is 7.13. The minimum Gasteiger partial charge on any atom is -0.481 e. The number of anilines is 1. The third-order valence-electron chi connectivity index (χ3n) is 3.61. The van der Waals surface area contributed by atoms with Gasteiger partial charge in [-0.2, -0.15) is 0 Å². The van der Waals surface area contributed by atoms with Crippen LogP contribution in [-0.2, 0) is 14.8 Å². The molecule has 0 bridgehead atoms. The van der Waals surface area contributed by atoms with Crippen LogP contribution in [0.5, 0.6) is 5.75 Å². The largest absolute Gasteiger partial charge is 0.481 e. The summed E-state index contributed by atoms with van der Waals surface area (Å²) in [4.78, 5) is 12.2. The number of amides is 1. The maximum atomic E-state index is 12.2. The van der Waals surface area contributed by atoms with E-state index in [0.29, 0.717) is 11.4 Å². The number of carbonyl (C=O) groups is 1. The molecular formula is C17H20N2O4S. The monoisotopic (exact) mass is 348 g/mol. The van der Waals surface area contributed by atoms with E-state index in [1.807, 2.05) is 32.0 Å². The van der Waals surface area contributed by atoms with Gasteiger partial charge in [0, 0.05) is 5.69 Å². The number of nitrogens with one attached hydrogen (secondary N) is 1. The highest BCUT2D eigenvalue weighted by Crippen LogP contribution is 2.18. The molecule has 1 amide bonds. The van der Waals surface area contributed by atoms with Gasteiger partial charge < -0.3 is 10.1 Å². The average molecular weight is 348 g/mol. The molecule has 0 saturated carbocycles. The number of ether oxygens (including phenoxy) is 1. The van der Waals surface area contributed by atoms with Gasteiger partial charge in [-0.1, -0.05) is 6.07 Å². The van der Waals surface area contributed by atoms with E-state index in [-0.39, 0.29) is 10.8 Å². The van der Waals surface area contributed by atoms with Crippen LogP contribution in [0.15, 0.2) is 47.4 Å². The smallest absolute Gasteiger partial charge is 0.265 e. The van der Waals surface area contributed by atoms with E-state index in [1.165, 1.54) is 24.3 Å². The van der Waals surface area contributed by atoms with Gasteiger partial charge >= 0.3 is 0 Å². The molecule has 6 nitrogen and oxygen atoms in total. The number of aryl methyl sites for hydroxylation is 2. The Bertz CT molecular complexity index is 845. The van der Waals surface area contributed by atoms with Crippen LogP contribution in [0, 0.1) is 13.8 Å². The molecule has 0 heterocycles. The lowest BCUT2D eigenvalue weighted by molar-refractivity contribution is -0.122. The minimum absolute atomic E-state index is 0.0140. The van der Waals surface area contributed by atoms with Gasteiger partial charge in [0.05, 0.1) is 4.90 Å².